The predicted molar refractivity (Wildman–Crippen MR) is 138 cm³/mol. The number of nitrogens with two attached hydrogens (primary N) is 1. The van der Waals surface area contributed by atoms with Crippen molar-refractivity contribution in [1.82, 2.24) is 14.9 Å². The van der Waals surface area contributed by atoms with E-state index < -0.39 is 16.6 Å². The number of carbonyl (C=O) groups is 1. The van der Waals surface area contributed by atoms with Crippen LogP contribution in [-0.2, 0) is 9.53 Å². The van der Waals surface area contributed by atoms with Gasteiger partial charge in [-0.25, -0.2) is 0 Å². The largest absolute Gasteiger partial charge is 0.465 e. The third-order valence-corrected chi connectivity index (χ3v) is 6.24. The highest BCUT2D eigenvalue weighted by molar-refractivity contribution is 5.79. The van der Waals surface area contributed by atoms with Crippen molar-refractivity contribution in [2.45, 2.75) is 65.4 Å². The van der Waals surface area contributed by atoms with Crippen molar-refractivity contribution in [1.29, 1.82) is 0 Å². The van der Waals surface area contributed by atoms with Crippen molar-refractivity contribution in [3.8, 4) is 6.01 Å². The minimum Gasteiger partial charge on any atom is -0.465 e. The molecule has 1 aromatic rings. The molecule has 198 valence electrons. The molecule has 1 aromatic heterocycles. The van der Waals surface area contributed by atoms with Crippen LogP contribution in [0.4, 0.5) is 17.3 Å². The lowest BCUT2D eigenvalue weighted by Crippen LogP contribution is -2.34. The topological polar surface area (TPSA) is 137 Å². The summed E-state index contributed by atoms with van der Waals surface area (Å²) in [4.78, 5) is 36.2. The van der Waals surface area contributed by atoms with Crippen molar-refractivity contribution < 1.29 is 19.2 Å². The van der Waals surface area contributed by atoms with Gasteiger partial charge in [-0.1, -0.05) is 31.1 Å². The Morgan fingerprint density at radius 1 is 1.31 bits per heavy atom. The number of allylic oxidation sites excluding steroid dienone is 1. The van der Waals surface area contributed by atoms with Gasteiger partial charge >= 0.3 is 17.7 Å². The van der Waals surface area contributed by atoms with Crippen molar-refractivity contribution in [2.24, 2.45) is 0 Å². The number of ether oxygens (including phenoxy) is 2. The molecule has 2 heterocycles. The van der Waals surface area contributed by atoms with Gasteiger partial charge in [0.15, 0.2) is 0 Å². The Kier molecular flexibility index (Phi) is 10.0. The smallest absolute Gasteiger partial charge is 0.353 e. The molecule has 0 bridgehead atoms. The lowest BCUT2D eigenvalue weighted by molar-refractivity contribution is -0.383. The zero-order chi connectivity index (χ0) is 26.1. The van der Waals surface area contributed by atoms with E-state index >= 15 is 0 Å². The molecule has 0 spiro atoms. The monoisotopic (exact) mass is 502 g/mol. The molecule has 1 fully saturated rings. The van der Waals surface area contributed by atoms with Gasteiger partial charge in [0, 0.05) is 13.1 Å². The predicted octanol–water partition coefficient (Wildman–Crippen LogP) is 3.65. The van der Waals surface area contributed by atoms with Crippen LogP contribution in [0.25, 0.3) is 0 Å². The first kappa shape index (κ1) is 27.4. The first-order valence-electron chi connectivity index (χ1n) is 12.8. The second kappa shape index (κ2) is 13.2. The van der Waals surface area contributed by atoms with Crippen LogP contribution in [0.2, 0.25) is 0 Å². The maximum Gasteiger partial charge on any atom is 0.353 e. The Balaban J connectivity index is 1.93. The highest BCUT2D eigenvalue weighted by atomic mass is 16.6. The van der Waals surface area contributed by atoms with E-state index in [-0.39, 0.29) is 43.4 Å². The molecule has 3 rings (SSSR count). The van der Waals surface area contributed by atoms with Gasteiger partial charge in [-0.2, -0.15) is 9.97 Å². The maximum absolute atomic E-state index is 12.5. The summed E-state index contributed by atoms with van der Waals surface area (Å²) in [5.74, 6) is -0.871. The summed E-state index contributed by atoms with van der Waals surface area (Å²) in [5.41, 5.74) is 7.83. The lowest BCUT2D eigenvalue weighted by atomic mass is 9.98. The van der Waals surface area contributed by atoms with Crippen LogP contribution in [0.15, 0.2) is 23.3 Å². The fourth-order valence-corrected chi connectivity index (χ4v) is 4.62. The van der Waals surface area contributed by atoms with E-state index in [0.717, 1.165) is 50.9 Å². The van der Waals surface area contributed by atoms with Gasteiger partial charge in [0.25, 0.3) is 0 Å². The molecule has 0 saturated carbocycles. The van der Waals surface area contributed by atoms with Crippen LogP contribution in [0.5, 0.6) is 6.01 Å². The van der Waals surface area contributed by atoms with Crippen LogP contribution in [0, 0.1) is 10.1 Å². The molecule has 1 saturated heterocycles. The van der Waals surface area contributed by atoms with E-state index in [1.807, 2.05) is 13.8 Å². The molecule has 11 heteroatoms. The van der Waals surface area contributed by atoms with Crippen LogP contribution in [-0.4, -0.2) is 71.2 Å². The Morgan fingerprint density at radius 3 is 2.72 bits per heavy atom. The Hall–Kier alpha value is -3.21. The number of nitro groups is 1. The first-order valence-corrected chi connectivity index (χ1v) is 12.8. The number of nitrogen functional groups attached to an aromatic ring is 1. The normalized spacial score (nSPS) is 16.8. The molecule has 0 amide bonds. The molecule has 1 atom stereocenters. The van der Waals surface area contributed by atoms with Gasteiger partial charge in [0.05, 0.1) is 17.6 Å². The summed E-state index contributed by atoms with van der Waals surface area (Å²) in [6, 6.07) is -0.0502. The first-order chi connectivity index (χ1) is 17.3. The van der Waals surface area contributed by atoms with Crippen LogP contribution >= 0.6 is 0 Å². The number of likely N-dealkylation sites (tertiary alicyclic amines) is 1. The Bertz CT molecular complexity index is 989. The molecule has 2 N–H and O–H groups in total. The van der Waals surface area contributed by atoms with Gasteiger partial charge in [-0.15, -0.1) is 0 Å². The van der Waals surface area contributed by atoms with Gasteiger partial charge in [-0.05, 0) is 64.6 Å². The summed E-state index contributed by atoms with van der Waals surface area (Å²) in [6.07, 6.45) is 10.0. The van der Waals surface area contributed by atoms with Crippen molar-refractivity contribution >= 4 is 23.3 Å². The molecule has 11 nitrogen and oxygen atoms in total. The van der Waals surface area contributed by atoms with E-state index in [2.05, 4.69) is 27.0 Å². The highest BCUT2D eigenvalue weighted by Crippen LogP contribution is 2.34. The molecule has 36 heavy (non-hydrogen) atoms. The van der Waals surface area contributed by atoms with Gasteiger partial charge in [0.1, 0.15) is 6.54 Å². The average molecular weight is 503 g/mol. The fraction of sp³-hybridized carbons (Fsp3) is 0.640. The number of aromatic nitrogens is 2. The minimum atomic E-state index is -0.619. The third-order valence-electron chi connectivity index (χ3n) is 6.24. The summed E-state index contributed by atoms with van der Waals surface area (Å²) < 4.78 is 10.9. The zero-order valence-corrected chi connectivity index (χ0v) is 21.6. The van der Waals surface area contributed by atoms with E-state index in [0.29, 0.717) is 0 Å². The summed E-state index contributed by atoms with van der Waals surface area (Å²) in [6.45, 7) is 8.97. The maximum atomic E-state index is 12.5. The molecule has 2 aliphatic rings. The molecule has 1 aliphatic heterocycles. The van der Waals surface area contributed by atoms with Crippen molar-refractivity contribution in [3.05, 3.63) is 33.4 Å². The molecule has 0 radical (unpaired) electrons. The lowest BCUT2D eigenvalue weighted by Gasteiger charge is -2.26. The Labute approximate surface area is 212 Å². The van der Waals surface area contributed by atoms with Gasteiger partial charge in [0.2, 0.25) is 11.6 Å². The van der Waals surface area contributed by atoms with Crippen molar-refractivity contribution in [3.63, 3.8) is 0 Å². The summed E-state index contributed by atoms with van der Waals surface area (Å²) >= 11 is 0. The average Bonchev–Trinajstić information content (AvgIpc) is 3.31. The molecule has 1 unspecified atom stereocenters. The van der Waals surface area contributed by atoms with E-state index in [4.69, 9.17) is 15.2 Å². The highest BCUT2D eigenvalue weighted by Gasteiger charge is 2.30. The number of carbonyl (C=O) groups excluding carboxylic acids is 1. The molecule has 0 aromatic carbocycles. The summed E-state index contributed by atoms with van der Waals surface area (Å²) in [7, 11) is 0. The second-order valence-electron chi connectivity index (χ2n) is 9.30. The summed E-state index contributed by atoms with van der Waals surface area (Å²) in [5, 5.41) is 12.0. The van der Waals surface area contributed by atoms with Crippen LogP contribution < -0.4 is 15.4 Å². The third kappa shape index (κ3) is 7.64. The fourth-order valence-electron chi connectivity index (χ4n) is 4.62. The quantitative estimate of drug-likeness (QED) is 0.242. The van der Waals surface area contributed by atoms with E-state index in [1.165, 1.54) is 23.3 Å². The Morgan fingerprint density at radius 2 is 2.06 bits per heavy atom. The number of anilines is 2. The number of hydrogen-bond acceptors (Lipinski definition) is 10. The number of esters is 1. The van der Waals surface area contributed by atoms with Gasteiger partial charge < -0.3 is 20.1 Å². The van der Waals surface area contributed by atoms with Crippen molar-refractivity contribution in [2.75, 3.05) is 50.0 Å². The van der Waals surface area contributed by atoms with E-state index in [9.17, 15) is 14.9 Å². The standard InChI is InChI=1S/C25H38N6O5/c1-4-9-18(3)36-25-27-23(26)22(31(33)34)24(28-25)30(17-21(32)35-5-2)16-20-11-8-10-19(14-20)15-29-12-6-7-13-29/h11,14,18H,4-10,12-13,15-17H2,1-3H3,(H2,26,27,28). The number of hydrogen-bond donors (Lipinski definition) is 1. The second-order valence-corrected chi connectivity index (χ2v) is 9.30. The van der Waals surface area contributed by atoms with Crippen LogP contribution in [0.1, 0.15) is 59.3 Å². The zero-order valence-electron chi connectivity index (χ0n) is 21.6. The van der Waals surface area contributed by atoms with Crippen LogP contribution in [0.3, 0.4) is 0 Å². The SMILES string of the molecule is CCCC(C)Oc1nc(N)c([N+](=O)[O-])c(N(CC(=O)OCC)CC2=CCCC(CN3CCCC3)=C2)n1. The van der Waals surface area contributed by atoms with E-state index in [1.54, 1.807) is 6.92 Å². The number of nitrogens with zero attached hydrogens (tertiary/aromatic N) is 5. The molecule has 1 aliphatic carbocycles. The van der Waals surface area contributed by atoms with Gasteiger partial charge in [-0.3, -0.25) is 19.8 Å². The molecular formula is C25H38N6O5. The number of rotatable bonds is 13. The minimum absolute atomic E-state index is 0.0502. The molecular weight excluding hydrogens is 464 g/mol.